The molecule has 0 spiro atoms. The zero-order valence-electron chi connectivity index (χ0n) is 10.0. The van der Waals surface area contributed by atoms with Gasteiger partial charge in [-0.05, 0) is 18.6 Å². The van der Waals surface area contributed by atoms with Crippen LogP contribution in [0.25, 0.3) is 0 Å². The van der Waals surface area contributed by atoms with Gasteiger partial charge in [0.25, 0.3) is 0 Å². The average molecular weight is 231 g/mol. The molecule has 0 fully saturated rings. The highest BCUT2D eigenvalue weighted by Gasteiger charge is 2.12. The minimum absolute atomic E-state index is 0.0145. The predicted octanol–water partition coefficient (Wildman–Crippen LogP) is 1.57. The second-order valence-corrected chi connectivity index (χ2v) is 3.76. The number of nitrogen functional groups attached to an aromatic ring is 1. The van der Waals surface area contributed by atoms with Crippen molar-refractivity contribution in [1.82, 2.24) is 4.90 Å². The minimum atomic E-state index is 0.0145. The molecule has 0 unspecified atom stereocenters. The van der Waals surface area contributed by atoms with Gasteiger partial charge in [0, 0.05) is 18.8 Å². The lowest BCUT2D eigenvalue weighted by Gasteiger charge is -2.19. The first kappa shape index (κ1) is 13.0. The van der Waals surface area contributed by atoms with Gasteiger partial charge in [0.2, 0.25) is 5.91 Å². The van der Waals surface area contributed by atoms with Gasteiger partial charge in [-0.1, -0.05) is 18.2 Å². The first-order valence-corrected chi connectivity index (χ1v) is 5.67. The number of benzene rings is 1. The van der Waals surface area contributed by atoms with Gasteiger partial charge in [0.1, 0.15) is 0 Å². The number of rotatable bonds is 5. The summed E-state index contributed by atoms with van der Waals surface area (Å²) in [7, 11) is 0. The second kappa shape index (κ2) is 6.54. The largest absolute Gasteiger partial charge is 0.398 e. The summed E-state index contributed by atoms with van der Waals surface area (Å²) in [6, 6.07) is 9.39. The molecular weight excluding hydrogens is 214 g/mol. The zero-order valence-corrected chi connectivity index (χ0v) is 10.0. The molecule has 0 saturated heterocycles. The molecule has 1 amide bonds. The molecule has 4 heteroatoms. The molecule has 0 aliphatic rings. The summed E-state index contributed by atoms with van der Waals surface area (Å²) in [6.07, 6.45) is 0.662. The first-order valence-electron chi connectivity index (χ1n) is 5.67. The standard InChI is InChI=1S/C13H17N3O/c1-2-16(9-5-8-14)13(17)10-11-6-3-4-7-12(11)15/h3-4,6-7H,2,5,9-10,15H2,1H3. The predicted molar refractivity (Wildman–Crippen MR) is 67.0 cm³/mol. The first-order chi connectivity index (χ1) is 8.19. The van der Waals surface area contributed by atoms with Gasteiger partial charge in [0.05, 0.1) is 18.9 Å². The number of hydrogen-bond donors (Lipinski definition) is 1. The zero-order chi connectivity index (χ0) is 12.7. The van der Waals surface area contributed by atoms with Gasteiger partial charge in [-0.15, -0.1) is 0 Å². The maximum absolute atomic E-state index is 12.0. The molecule has 1 rings (SSSR count). The van der Waals surface area contributed by atoms with Crippen molar-refractivity contribution in [3.05, 3.63) is 29.8 Å². The number of para-hydroxylation sites is 1. The molecule has 0 radical (unpaired) electrons. The van der Waals surface area contributed by atoms with E-state index in [-0.39, 0.29) is 5.91 Å². The monoisotopic (exact) mass is 231 g/mol. The Balaban J connectivity index is 2.65. The van der Waals surface area contributed by atoms with Gasteiger partial charge >= 0.3 is 0 Å². The van der Waals surface area contributed by atoms with E-state index in [0.29, 0.717) is 31.6 Å². The van der Waals surface area contributed by atoms with E-state index >= 15 is 0 Å². The van der Waals surface area contributed by atoms with Crippen molar-refractivity contribution < 1.29 is 4.79 Å². The molecule has 0 saturated carbocycles. The van der Waals surface area contributed by atoms with Gasteiger partial charge < -0.3 is 10.6 Å². The molecule has 0 aliphatic heterocycles. The van der Waals surface area contributed by atoms with Crippen molar-refractivity contribution in [3.8, 4) is 6.07 Å². The molecule has 0 heterocycles. The quantitative estimate of drug-likeness (QED) is 0.782. The number of amides is 1. The third kappa shape index (κ3) is 3.80. The fourth-order valence-electron chi connectivity index (χ4n) is 1.61. The summed E-state index contributed by atoms with van der Waals surface area (Å²) < 4.78 is 0. The summed E-state index contributed by atoms with van der Waals surface area (Å²) in [4.78, 5) is 13.6. The molecule has 2 N–H and O–H groups in total. The number of nitrogens with zero attached hydrogens (tertiary/aromatic N) is 2. The Bertz CT molecular complexity index is 423. The fourth-order valence-corrected chi connectivity index (χ4v) is 1.61. The van der Waals surface area contributed by atoms with Gasteiger partial charge in [-0.3, -0.25) is 4.79 Å². The Morgan fingerprint density at radius 3 is 2.76 bits per heavy atom. The Morgan fingerprint density at radius 1 is 1.47 bits per heavy atom. The Hall–Kier alpha value is -2.02. The molecule has 4 nitrogen and oxygen atoms in total. The molecule has 0 bridgehead atoms. The Labute approximate surface area is 102 Å². The Kier molecular flexibility index (Phi) is 5.02. The molecule has 1 aromatic rings. The number of likely N-dealkylation sites (N-methyl/N-ethyl adjacent to an activating group) is 1. The highest BCUT2D eigenvalue weighted by Crippen LogP contribution is 2.12. The van der Waals surface area contributed by atoms with E-state index in [1.165, 1.54) is 0 Å². The molecule has 0 aliphatic carbocycles. The second-order valence-electron chi connectivity index (χ2n) is 3.76. The smallest absolute Gasteiger partial charge is 0.227 e. The summed E-state index contributed by atoms with van der Waals surface area (Å²) >= 11 is 0. The van der Waals surface area contributed by atoms with Crippen molar-refractivity contribution in [2.24, 2.45) is 0 Å². The van der Waals surface area contributed by atoms with Gasteiger partial charge in [-0.2, -0.15) is 5.26 Å². The lowest BCUT2D eigenvalue weighted by molar-refractivity contribution is -0.130. The summed E-state index contributed by atoms with van der Waals surface area (Å²) in [6.45, 7) is 3.01. The normalized spacial score (nSPS) is 9.65. The van der Waals surface area contributed by atoms with Crippen molar-refractivity contribution >= 4 is 11.6 Å². The van der Waals surface area contributed by atoms with Crippen molar-refractivity contribution in [2.45, 2.75) is 19.8 Å². The highest BCUT2D eigenvalue weighted by atomic mass is 16.2. The van der Waals surface area contributed by atoms with E-state index in [9.17, 15) is 4.79 Å². The summed E-state index contributed by atoms with van der Waals surface area (Å²) in [5, 5.41) is 8.52. The lowest BCUT2D eigenvalue weighted by Crippen LogP contribution is -2.33. The van der Waals surface area contributed by atoms with Crippen LogP contribution in [-0.4, -0.2) is 23.9 Å². The van der Waals surface area contributed by atoms with E-state index < -0.39 is 0 Å². The van der Waals surface area contributed by atoms with E-state index in [2.05, 4.69) is 0 Å². The van der Waals surface area contributed by atoms with Crippen LogP contribution in [0.1, 0.15) is 18.9 Å². The van der Waals surface area contributed by atoms with Crippen LogP contribution in [-0.2, 0) is 11.2 Å². The number of anilines is 1. The SMILES string of the molecule is CCN(CCC#N)C(=O)Cc1ccccc1N. The van der Waals surface area contributed by atoms with Crippen LogP contribution in [0.4, 0.5) is 5.69 Å². The van der Waals surface area contributed by atoms with Gasteiger partial charge in [-0.25, -0.2) is 0 Å². The van der Waals surface area contributed by atoms with Crippen LogP contribution in [0.15, 0.2) is 24.3 Å². The number of hydrogen-bond acceptors (Lipinski definition) is 3. The molecule has 0 aromatic heterocycles. The number of carbonyl (C=O) groups excluding carboxylic acids is 1. The maximum atomic E-state index is 12.0. The van der Waals surface area contributed by atoms with Crippen molar-refractivity contribution in [2.75, 3.05) is 18.8 Å². The lowest BCUT2D eigenvalue weighted by atomic mass is 10.1. The third-order valence-electron chi connectivity index (χ3n) is 2.62. The fraction of sp³-hybridized carbons (Fsp3) is 0.385. The van der Waals surface area contributed by atoms with Crippen LogP contribution < -0.4 is 5.73 Å². The number of nitrogens with two attached hydrogens (primary N) is 1. The van der Waals surface area contributed by atoms with E-state index in [1.807, 2.05) is 31.2 Å². The topological polar surface area (TPSA) is 70.1 Å². The number of carbonyl (C=O) groups is 1. The van der Waals surface area contributed by atoms with Crippen LogP contribution >= 0.6 is 0 Å². The van der Waals surface area contributed by atoms with Crippen molar-refractivity contribution in [3.63, 3.8) is 0 Å². The van der Waals surface area contributed by atoms with E-state index in [1.54, 1.807) is 11.0 Å². The summed E-state index contributed by atoms with van der Waals surface area (Å²) in [5.41, 5.74) is 7.26. The minimum Gasteiger partial charge on any atom is -0.398 e. The van der Waals surface area contributed by atoms with Crippen molar-refractivity contribution in [1.29, 1.82) is 5.26 Å². The molecular formula is C13H17N3O. The third-order valence-corrected chi connectivity index (χ3v) is 2.62. The van der Waals surface area contributed by atoms with Crippen LogP contribution in [0, 0.1) is 11.3 Å². The maximum Gasteiger partial charge on any atom is 0.227 e. The molecule has 1 aromatic carbocycles. The average Bonchev–Trinajstić information content (AvgIpc) is 2.33. The van der Waals surface area contributed by atoms with E-state index in [0.717, 1.165) is 5.56 Å². The van der Waals surface area contributed by atoms with Gasteiger partial charge in [0.15, 0.2) is 0 Å². The number of nitriles is 1. The van der Waals surface area contributed by atoms with Crippen LogP contribution in [0.2, 0.25) is 0 Å². The molecule has 17 heavy (non-hydrogen) atoms. The highest BCUT2D eigenvalue weighted by molar-refractivity contribution is 5.80. The molecule has 90 valence electrons. The van der Waals surface area contributed by atoms with E-state index in [4.69, 9.17) is 11.0 Å². The summed E-state index contributed by atoms with van der Waals surface area (Å²) in [5.74, 6) is 0.0145. The van der Waals surface area contributed by atoms with Crippen LogP contribution in [0.3, 0.4) is 0 Å². The Morgan fingerprint density at radius 2 is 2.18 bits per heavy atom. The van der Waals surface area contributed by atoms with Crippen LogP contribution in [0.5, 0.6) is 0 Å². The molecule has 0 atom stereocenters.